The van der Waals surface area contributed by atoms with Crippen molar-refractivity contribution in [2.75, 3.05) is 46.6 Å². The zero-order valence-electron chi connectivity index (χ0n) is 10.3. The van der Waals surface area contributed by atoms with E-state index in [1.807, 2.05) is 7.11 Å². The molecule has 2 saturated heterocycles. The van der Waals surface area contributed by atoms with E-state index in [1.54, 1.807) is 0 Å². The summed E-state index contributed by atoms with van der Waals surface area (Å²) in [6.45, 7) is 6.70. The Morgan fingerprint density at radius 1 is 1.25 bits per heavy atom. The van der Waals surface area contributed by atoms with Crippen LogP contribution in [0.4, 0.5) is 0 Å². The van der Waals surface area contributed by atoms with Gasteiger partial charge in [0.05, 0.1) is 19.8 Å². The Labute approximate surface area is 98.1 Å². The number of rotatable bonds is 4. The molecule has 2 unspecified atom stereocenters. The molecule has 16 heavy (non-hydrogen) atoms. The lowest BCUT2D eigenvalue weighted by Crippen LogP contribution is -2.48. The maximum Gasteiger partial charge on any atom is 0.0530 e. The Kier molecular flexibility index (Phi) is 2.94. The molecule has 2 atom stereocenters. The summed E-state index contributed by atoms with van der Waals surface area (Å²) in [5.74, 6) is 1.59. The number of hydrogen-bond acceptors (Lipinski definition) is 3. The fraction of sp³-hybridized carbons (Fsp3) is 1.00. The van der Waals surface area contributed by atoms with E-state index in [0.29, 0.717) is 5.41 Å². The van der Waals surface area contributed by atoms with Crippen LogP contribution in [0.15, 0.2) is 0 Å². The molecule has 3 aliphatic rings. The Bertz CT molecular complexity index is 240. The molecule has 2 bridgehead atoms. The van der Waals surface area contributed by atoms with Crippen LogP contribution in [-0.2, 0) is 9.47 Å². The van der Waals surface area contributed by atoms with Crippen LogP contribution in [0.2, 0.25) is 0 Å². The Balaban J connectivity index is 1.55. The van der Waals surface area contributed by atoms with Crippen molar-refractivity contribution in [1.29, 1.82) is 0 Å². The molecule has 1 saturated carbocycles. The number of nitrogens with zero attached hydrogens (tertiary/aromatic N) is 1. The van der Waals surface area contributed by atoms with Gasteiger partial charge in [-0.05, 0) is 31.1 Å². The van der Waals surface area contributed by atoms with Gasteiger partial charge >= 0.3 is 0 Å². The molecule has 0 aromatic rings. The Hall–Kier alpha value is -0.120. The molecule has 1 aliphatic carbocycles. The van der Waals surface area contributed by atoms with Crippen LogP contribution in [0.3, 0.4) is 0 Å². The van der Waals surface area contributed by atoms with E-state index in [2.05, 4.69) is 4.90 Å². The maximum absolute atomic E-state index is 5.63. The molecule has 2 heterocycles. The van der Waals surface area contributed by atoms with Gasteiger partial charge in [0.25, 0.3) is 0 Å². The molecule has 0 amide bonds. The van der Waals surface area contributed by atoms with Gasteiger partial charge in [-0.25, -0.2) is 0 Å². The van der Waals surface area contributed by atoms with E-state index in [4.69, 9.17) is 9.47 Å². The third-order valence-electron chi connectivity index (χ3n) is 4.37. The zero-order valence-corrected chi connectivity index (χ0v) is 10.3. The standard InChI is InChI=1S/C13H23NO2/c1-15-10-13(2-3-13)9-14-5-11-4-12(6-14)8-16-7-11/h11-12H,2-10H2,1H3. The van der Waals surface area contributed by atoms with E-state index >= 15 is 0 Å². The van der Waals surface area contributed by atoms with Gasteiger partial charge < -0.3 is 14.4 Å². The van der Waals surface area contributed by atoms with Gasteiger partial charge in [0.1, 0.15) is 0 Å². The highest BCUT2D eigenvalue weighted by atomic mass is 16.5. The van der Waals surface area contributed by atoms with Gasteiger partial charge in [-0.2, -0.15) is 0 Å². The third-order valence-corrected chi connectivity index (χ3v) is 4.37. The molecule has 0 N–H and O–H groups in total. The maximum atomic E-state index is 5.63. The SMILES string of the molecule is COCC1(CN2CC3COCC(C3)C2)CC1. The minimum Gasteiger partial charge on any atom is -0.384 e. The second-order valence-electron chi connectivity index (χ2n) is 6.13. The van der Waals surface area contributed by atoms with E-state index < -0.39 is 0 Å². The Morgan fingerprint density at radius 3 is 2.50 bits per heavy atom. The first-order valence-electron chi connectivity index (χ1n) is 6.59. The summed E-state index contributed by atoms with van der Waals surface area (Å²) in [7, 11) is 1.83. The van der Waals surface area contributed by atoms with Crippen LogP contribution >= 0.6 is 0 Å². The van der Waals surface area contributed by atoms with Crippen LogP contribution < -0.4 is 0 Å². The average Bonchev–Trinajstić information content (AvgIpc) is 2.98. The molecular formula is C13H23NO2. The summed E-state index contributed by atoms with van der Waals surface area (Å²) in [5, 5.41) is 0. The van der Waals surface area contributed by atoms with Crippen molar-refractivity contribution in [1.82, 2.24) is 4.90 Å². The highest BCUT2D eigenvalue weighted by molar-refractivity contribution is 4.97. The summed E-state index contributed by atoms with van der Waals surface area (Å²) in [6.07, 6.45) is 4.13. The van der Waals surface area contributed by atoms with E-state index in [-0.39, 0.29) is 0 Å². The first kappa shape index (κ1) is 11.0. The van der Waals surface area contributed by atoms with E-state index in [1.165, 1.54) is 38.9 Å². The van der Waals surface area contributed by atoms with Gasteiger partial charge in [0.2, 0.25) is 0 Å². The first-order chi connectivity index (χ1) is 7.80. The summed E-state index contributed by atoms with van der Waals surface area (Å²) in [4.78, 5) is 2.67. The smallest absolute Gasteiger partial charge is 0.0530 e. The average molecular weight is 225 g/mol. The number of ether oxygens (including phenoxy) is 2. The monoisotopic (exact) mass is 225 g/mol. The number of hydrogen-bond donors (Lipinski definition) is 0. The van der Waals surface area contributed by atoms with Gasteiger partial charge in [-0.3, -0.25) is 0 Å². The summed E-state index contributed by atoms with van der Waals surface area (Å²) < 4.78 is 11.0. The molecule has 3 heteroatoms. The van der Waals surface area contributed by atoms with Crippen molar-refractivity contribution >= 4 is 0 Å². The minimum absolute atomic E-state index is 0.515. The number of likely N-dealkylation sites (tertiary alicyclic amines) is 1. The lowest BCUT2D eigenvalue weighted by Gasteiger charge is -2.42. The predicted molar refractivity (Wildman–Crippen MR) is 62.4 cm³/mol. The van der Waals surface area contributed by atoms with Gasteiger partial charge in [-0.15, -0.1) is 0 Å². The largest absolute Gasteiger partial charge is 0.384 e. The van der Waals surface area contributed by atoms with Crippen molar-refractivity contribution in [2.45, 2.75) is 19.3 Å². The number of fused-ring (bicyclic) bond motifs is 2. The molecular weight excluding hydrogens is 202 g/mol. The van der Waals surface area contributed by atoms with E-state index in [9.17, 15) is 0 Å². The van der Waals surface area contributed by atoms with Gasteiger partial charge in [-0.1, -0.05) is 0 Å². The normalized spacial score (nSPS) is 37.3. The molecule has 3 nitrogen and oxygen atoms in total. The lowest BCUT2D eigenvalue weighted by atomic mass is 9.87. The molecule has 0 radical (unpaired) electrons. The van der Waals surface area contributed by atoms with Crippen LogP contribution in [0.1, 0.15) is 19.3 Å². The molecule has 0 spiro atoms. The quantitative estimate of drug-likeness (QED) is 0.721. The number of piperidine rings is 1. The first-order valence-corrected chi connectivity index (χ1v) is 6.59. The van der Waals surface area contributed by atoms with Crippen molar-refractivity contribution in [2.24, 2.45) is 17.3 Å². The van der Waals surface area contributed by atoms with Crippen molar-refractivity contribution in [3.8, 4) is 0 Å². The van der Waals surface area contributed by atoms with Crippen molar-refractivity contribution in [3.63, 3.8) is 0 Å². The van der Waals surface area contributed by atoms with Crippen LogP contribution in [-0.4, -0.2) is 51.5 Å². The molecule has 3 rings (SSSR count). The topological polar surface area (TPSA) is 21.7 Å². The fourth-order valence-corrected chi connectivity index (χ4v) is 3.50. The zero-order chi connectivity index (χ0) is 11.0. The van der Waals surface area contributed by atoms with Crippen LogP contribution in [0, 0.1) is 17.3 Å². The molecule has 92 valence electrons. The molecule has 3 fully saturated rings. The summed E-state index contributed by atoms with van der Waals surface area (Å²) in [5.41, 5.74) is 0.515. The highest BCUT2D eigenvalue weighted by Gasteiger charge is 2.45. The Morgan fingerprint density at radius 2 is 1.94 bits per heavy atom. The van der Waals surface area contributed by atoms with Crippen molar-refractivity contribution < 1.29 is 9.47 Å². The minimum atomic E-state index is 0.515. The van der Waals surface area contributed by atoms with E-state index in [0.717, 1.165) is 31.7 Å². The third kappa shape index (κ3) is 2.27. The second-order valence-corrected chi connectivity index (χ2v) is 6.13. The van der Waals surface area contributed by atoms with Crippen LogP contribution in [0.25, 0.3) is 0 Å². The van der Waals surface area contributed by atoms with Gasteiger partial charge in [0.15, 0.2) is 0 Å². The second kappa shape index (κ2) is 4.28. The summed E-state index contributed by atoms with van der Waals surface area (Å²) in [6, 6.07) is 0. The lowest BCUT2D eigenvalue weighted by molar-refractivity contribution is -0.0476. The predicted octanol–water partition coefficient (Wildman–Crippen LogP) is 1.38. The van der Waals surface area contributed by atoms with Crippen molar-refractivity contribution in [3.05, 3.63) is 0 Å². The molecule has 0 aromatic carbocycles. The fourth-order valence-electron chi connectivity index (χ4n) is 3.50. The number of methoxy groups -OCH3 is 1. The van der Waals surface area contributed by atoms with Gasteiger partial charge in [0, 0.05) is 32.2 Å². The highest BCUT2D eigenvalue weighted by Crippen LogP contribution is 2.47. The molecule has 2 aliphatic heterocycles. The summed E-state index contributed by atoms with van der Waals surface area (Å²) >= 11 is 0. The molecule has 0 aromatic heterocycles. The van der Waals surface area contributed by atoms with Crippen LogP contribution in [0.5, 0.6) is 0 Å².